The van der Waals surface area contributed by atoms with Gasteiger partial charge in [-0.3, -0.25) is 9.69 Å². The molecule has 0 rings (SSSR count). The summed E-state index contributed by atoms with van der Waals surface area (Å²) in [5, 5.41) is 9.23. The molecule has 0 unspecified atom stereocenters. The third kappa shape index (κ3) is 4.94. The van der Waals surface area contributed by atoms with Crippen LogP contribution in [0, 0.1) is 5.92 Å². The lowest BCUT2D eigenvalue weighted by atomic mass is 10.0. The van der Waals surface area contributed by atoms with Gasteiger partial charge in [0, 0.05) is 19.6 Å². The van der Waals surface area contributed by atoms with Gasteiger partial charge in [-0.1, -0.05) is 13.8 Å². The van der Waals surface area contributed by atoms with E-state index in [9.17, 15) is 9.90 Å². The zero-order chi connectivity index (χ0) is 12.9. The normalized spacial score (nSPS) is 12.8. The predicted octanol–water partition coefficient (Wildman–Crippen LogP) is 1.37. The molecule has 0 aliphatic heterocycles. The Morgan fingerprint density at radius 3 is 2.06 bits per heavy atom. The van der Waals surface area contributed by atoms with Crippen LogP contribution in [0.15, 0.2) is 0 Å². The summed E-state index contributed by atoms with van der Waals surface area (Å²) in [6, 6.07) is 0. The highest BCUT2D eigenvalue weighted by Gasteiger charge is 2.34. The summed E-state index contributed by atoms with van der Waals surface area (Å²) in [5.41, 5.74) is -0.791. The Balaban J connectivity index is 4.59. The third-order valence-corrected chi connectivity index (χ3v) is 2.72. The number of hydrogen-bond donors (Lipinski definition) is 1. The number of likely N-dealkylation sites (N-methyl/N-ethyl adjacent to an activating group) is 1. The molecule has 0 atom stereocenters. The van der Waals surface area contributed by atoms with E-state index in [1.54, 1.807) is 13.8 Å². The van der Waals surface area contributed by atoms with Gasteiger partial charge in [-0.2, -0.15) is 0 Å². The van der Waals surface area contributed by atoms with Crippen molar-refractivity contribution < 1.29 is 9.90 Å². The van der Waals surface area contributed by atoms with Gasteiger partial charge in [-0.25, -0.2) is 0 Å². The molecule has 0 radical (unpaired) electrons. The molecule has 4 heteroatoms. The predicted molar refractivity (Wildman–Crippen MR) is 66.7 cm³/mol. The fraction of sp³-hybridized carbons (Fsp3) is 0.917. The lowest BCUT2D eigenvalue weighted by Gasteiger charge is -2.36. The maximum absolute atomic E-state index is 11.2. The van der Waals surface area contributed by atoms with E-state index in [0.717, 1.165) is 19.6 Å². The first kappa shape index (κ1) is 15.4. The molecule has 16 heavy (non-hydrogen) atoms. The molecule has 0 aromatic carbocycles. The van der Waals surface area contributed by atoms with Gasteiger partial charge in [-0.15, -0.1) is 0 Å². The van der Waals surface area contributed by atoms with Gasteiger partial charge >= 0.3 is 5.97 Å². The third-order valence-electron chi connectivity index (χ3n) is 2.72. The summed E-state index contributed by atoms with van der Waals surface area (Å²) >= 11 is 0. The Labute approximate surface area is 99.2 Å². The van der Waals surface area contributed by atoms with E-state index in [4.69, 9.17) is 0 Å². The highest BCUT2D eigenvalue weighted by Crippen LogP contribution is 2.16. The number of carbonyl (C=O) groups is 1. The van der Waals surface area contributed by atoms with E-state index in [0.29, 0.717) is 5.92 Å². The van der Waals surface area contributed by atoms with E-state index in [2.05, 4.69) is 18.7 Å². The molecule has 96 valence electrons. The van der Waals surface area contributed by atoms with Crippen LogP contribution in [0.1, 0.15) is 27.7 Å². The lowest BCUT2D eigenvalue weighted by Crippen LogP contribution is -2.53. The number of nitrogens with zero attached hydrogens (tertiary/aromatic N) is 2. The van der Waals surface area contributed by atoms with Crippen molar-refractivity contribution in [2.45, 2.75) is 33.2 Å². The van der Waals surface area contributed by atoms with Gasteiger partial charge in [0.2, 0.25) is 0 Å². The molecule has 0 saturated heterocycles. The van der Waals surface area contributed by atoms with Crippen LogP contribution in [-0.4, -0.2) is 60.1 Å². The first-order valence-corrected chi connectivity index (χ1v) is 5.81. The fourth-order valence-electron chi connectivity index (χ4n) is 1.50. The van der Waals surface area contributed by atoms with Crippen molar-refractivity contribution in [3.8, 4) is 0 Å². The van der Waals surface area contributed by atoms with Gasteiger partial charge in [0.15, 0.2) is 0 Å². The van der Waals surface area contributed by atoms with Crippen molar-refractivity contribution in [1.82, 2.24) is 9.80 Å². The van der Waals surface area contributed by atoms with Crippen molar-refractivity contribution in [3.63, 3.8) is 0 Å². The molecule has 0 saturated carbocycles. The average molecular weight is 230 g/mol. The van der Waals surface area contributed by atoms with Gasteiger partial charge in [-0.05, 0) is 33.9 Å². The summed E-state index contributed by atoms with van der Waals surface area (Å²) in [7, 11) is 4.00. The summed E-state index contributed by atoms with van der Waals surface area (Å²) < 4.78 is 0. The first-order chi connectivity index (χ1) is 7.17. The van der Waals surface area contributed by atoms with Crippen LogP contribution >= 0.6 is 0 Å². The van der Waals surface area contributed by atoms with Crippen molar-refractivity contribution in [2.24, 2.45) is 5.92 Å². The largest absolute Gasteiger partial charge is 0.480 e. The maximum atomic E-state index is 11.2. The molecular formula is C12H26N2O2. The minimum Gasteiger partial charge on any atom is -0.480 e. The second kappa shape index (κ2) is 6.21. The molecule has 0 aromatic rings. The van der Waals surface area contributed by atoms with Gasteiger partial charge in [0.05, 0.1) is 0 Å². The number of hydrogen-bond acceptors (Lipinski definition) is 3. The smallest absolute Gasteiger partial charge is 0.323 e. The summed E-state index contributed by atoms with van der Waals surface area (Å²) in [6.07, 6.45) is 0. The van der Waals surface area contributed by atoms with E-state index >= 15 is 0 Å². The second-order valence-corrected chi connectivity index (χ2v) is 5.51. The highest BCUT2D eigenvalue weighted by molar-refractivity contribution is 5.77. The molecule has 0 spiro atoms. The van der Waals surface area contributed by atoms with Crippen molar-refractivity contribution >= 4 is 5.97 Å². The van der Waals surface area contributed by atoms with Crippen LogP contribution in [0.25, 0.3) is 0 Å². The molecular weight excluding hydrogens is 204 g/mol. The molecule has 0 aromatic heterocycles. The minimum absolute atomic E-state index is 0.473. The minimum atomic E-state index is -0.791. The summed E-state index contributed by atoms with van der Waals surface area (Å²) in [6.45, 7) is 10.2. The zero-order valence-corrected chi connectivity index (χ0v) is 11.4. The summed E-state index contributed by atoms with van der Waals surface area (Å²) in [4.78, 5) is 15.3. The van der Waals surface area contributed by atoms with Gasteiger partial charge < -0.3 is 10.0 Å². The quantitative estimate of drug-likeness (QED) is 0.717. The molecule has 0 heterocycles. The number of carboxylic acid groups (broad SMARTS) is 1. The Morgan fingerprint density at radius 2 is 1.75 bits per heavy atom. The van der Waals surface area contributed by atoms with Crippen LogP contribution in [0.2, 0.25) is 0 Å². The van der Waals surface area contributed by atoms with E-state index in [1.807, 2.05) is 19.0 Å². The molecule has 1 N–H and O–H groups in total. The SMILES string of the molecule is CC(C)CN(CCN(C)C)C(C)(C)C(=O)O. The Kier molecular flexibility index (Phi) is 5.97. The van der Waals surface area contributed by atoms with E-state index in [1.165, 1.54) is 0 Å². The molecule has 0 bridgehead atoms. The second-order valence-electron chi connectivity index (χ2n) is 5.51. The number of carboxylic acids is 1. The lowest BCUT2D eigenvalue weighted by molar-refractivity contribution is -0.149. The van der Waals surface area contributed by atoms with Crippen molar-refractivity contribution in [1.29, 1.82) is 0 Å². The zero-order valence-electron chi connectivity index (χ0n) is 11.4. The van der Waals surface area contributed by atoms with Crippen LogP contribution in [0.5, 0.6) is 0 Å². The van der Waals surface area contributed by atoms with Gasteiger partial charge in [0.1, 0.15) is 5.54 Å². The first-order valence-electron chi connectivity index (χ1n) is 5.81. The Hall–Kier alpha value is -0.610. The molecule has 0 aliphatic carbocycles. The number of rotatable bonds is 7. The molecule has 4 nitrogen and oxygen atoms in total. The van der Waals surface area contributed by atoms with E-state index < -0.39 is 11.5 Å². The van der Waals surface area contributed by atoms with Crippen molar-refractivity contribution in [3.05, 3.63) is 0 Å². The van der Waals surface area contributed by atoms with Gasteiger partial charge in [0.25, 0.3) is 0 Å². The van der Waals surface area contributed by atoms with Crippen LogP contribution in [0.4, 0.5) is 0 Å². The fourth-order valence-corrected chi connectivity index (χ4v) is 1.50. The molecule has 0 amide bonds. The maximum Gasteiger partial charge on any atom is 0.323 e. The Morgan fingerprint density at radius 1 is 1.25 bits per heavy atom. The molecule has 0 aliphatic rings. The number of aliphatic carboxylic acids is 1. The van der Waals surface area contributed by atoms with Crippen LogP contribution in [-0.2, 0) is 4.79 Å². The van der Waals surface area contributed by atoms with Crippen LogP contribution < -0.4 is 0 Å². The topological polar surface area (TPSA) is 43.8 Å². The average Bonchev–Trinajstić information content (AvgIpc) is 2.10. The van der Waals surface area contributed by atoms with E-state index in [-0.39, 0.29) is 0 Å². The highest BCUT2D eigenvalue weighted by atomic mass is 16.4. The standard InChI is InChI=1S/C12H26N2O2/c1-10(2)9-14(8-7-13(5)6)12(3,4)11(15)16/h10H,7-9H2,1-6H3,(H,15,16). The monoisotopic (exact) mass is 230 g/mol. The Bertz CT molecular complexity index is 225. The van der Waals surface area contributed by atoms with Crippen LogP contribution in [0.3, 0.4) is 0 Å². The van der Waals surface area contributed by atoms with Crippen molar-refractivity contribution in [2.75, 3.05) is 33.7 Å². The summed E-state index contributed by atoms with van der Waals surface area (Å²) in [5.74, 6) is -0.285. The molecule has 0 fully saturated rings.